The smallest absolute Gasteiger partial charge is 0.311 e. The zero-order valence-electron chi connectivity index (χ0n) is 20.1. The van der Waals surface area contributed by atoms with Crippen molar-refractivity contribution in [1.82, 2.24) is 10.2 Å². The monoisotopic (exact) mass is 473 g/mol. The Kier molecular flexibility index (Phi) is 9.66. The van der Waals surface area contributed by atoms with Gasteiger partial charge in [-0.1, -0.05) is 19.1 Å². The molecule has 34 heavy (non-hydrogen) atoms. The molecule has 0 spiro atoms. The van der Waals surface area contributed by atoms with Gasteiger partial charge in [0.05, 0.1) is 19.1 Å². The largest absolute Gasteiger partial charge is 0.497 e. The van der Waals surface area contributed by atoms with Crippen LogP contribution in [0.3, 0.4) is 0 Å². The molecule has 0 bridgehead atoms. The first-order valence-electron chi connectivity index (χ1n) is 10.9. The molecule has 0 aromatic heterocycles. The molecule has 2 aromatic rings. The summed E-state index contributed by atoms with van der Waals surface area (Å²) in [5, 5.41) is 14.0. The molecule has 0 radical (unpaired) electrons. The van der Waals surface area contributed by atoms with E-state index >= 15 is 0 Å². The van der Waals surface area contributed by atoms with Gasteiger partial charge in [0, 0.05) is 24.7 Å². The van der Waals surface area contributed by atoms with Crippen molar-refractivity contribution in [2.24, 2.45) is 0 Å². The van der Waals surface area contributed by atoms with Crippen molar-refractivity contribution in [1.29, 1.82) is 0 Å². The molecular weight excluding hydrogens is 442 g/mol. The minimum absolute atomic E-state index is 0.0198. The predicted octanol–water partition coefficient (Wildman–Crippen LogP) is 3.32. The molecule has 2 rings (SSSR count). The third-order valence-corrected chi connectivity index (χ3v) is 5.39. The maximum Gasteiger partial charge on any atom is 0.311 e. The van der Waals surface area contributed by atoms with Gasteiger partial charge in [0.25, 0.3) is 5.91 Å². The Balaban J connectivity index is 2.20. The summed E-state index contributed by atoms with van der Waals surface area (Å²) in [5.74, 6) is 0.246. The Bertz CT molecular complexity index is 995. The Hall–Kier alpha value is -3.82. The van der Waals surface area contributed by atoms with E-state index in [4.69, 9.17) is 14.2 Å². The Morgan fingerprint density at radius 3 is 2.26 bits per heavy atom. The lowest BCUT2D eigenvalue weighted by Crippen LogP contribution is -2.50. The Morgan fingerprint density at radius 2 is 1.71 bits per heavy atom. The molecule has 2 aromatic carbocycles. The Labute approximate surface area is 198 Å². The number of nitro groups is 1. The normalized spacial score (nSPS) is 12.3. The Morgan fingerprint density at radius 1 is 1.06 bits per heavy atom. The highest BCUT2D eigenvalue weighted by molar-refractivity contribution is 5.88. The predicted molar refractivity (Wildman–Crippen MR) is 126 cm³/mol. The van der Waals surface area contributed by atoms with Crippen LogP contribution in [0.1, 0.15) is 32.8 Å². The van der Waals surface area contributed by atoms with Crippen LogP contribution in [0.2, 0.25) is 0 Å². The highest BCUT2D eigenvalue weighted by Crippen LogP contribution is 2.30. The number of nitro benzene ring substituents is 1. The van der Waals surface area contributed by atoms with Crippen LogP contribution in [0.4, 0.5) is 5.69 Å². The van der Waals surface area contributed by atoms with Crippen LogP contribution < -0.4 is 19.5 Å². The number of hydrogen-bond acceptors (Lipinski definition) is 7. The number of nitrogens with one attached hydrogen (secondary N) is 1. The molecule has 0 saturated heterocycles. The van der Waals surface area contributed by atoms with E-state index in [1.807, 2.05) is 26.0 Å². The van der Waals surface area contributed by atoms with Crippen LogP contribution in [-0.2, 0) is 16.1 Å². The van der Waals surface area contributed by atoms with Gasteiger partial charge in [0.2, 0.25) is 11.7 Å². The quantitative estimate of drug-likeness (QED) is 0.371. The number of ether oxygens (including phenoxy) is 3. The van der Waals surface area contributed by atoms with Crippen molar-refractivity contribution in [3.8, 4) is 17.2 Å². The fourth-order valence-corrected chi connectivity index (χ4v) is 3.10. The average Bonchev–Trinajstić information content (AvgIpc) is 2.85. The molecule has 2 atom stereocenters. The summed E-state index contributed by atoms with van der Waals surface area (Å²) in [6.45, 7) is 5.34. The summed E-state index contributed by atoms with van der Waals surface area (Å²) in [4.78, 5) is 37.8. The molecule has 1 N–H and O–H groups in total. The van der Waals surface area contributed by atoms with Crippen molar-refractivity contribution < 1.29 is 28.7 Å². The molecule has 10 nitrogen and oxygen atoms in total. The number of hydrogen-bond donors (Lipinski definition) is 1. The third-order valence-electron chi connectivity index (χ3n) is 5.39. The van der Waals surface area contributed by atoms with E-state index in [2.05, 4.69) is 5.32 Å². The van der Waals surface area contributed by atoms with Gasteiger partial charge in [0.15, 0.2) is 6.61 Å². The van der Waals surface area contributed by atoms with E-state index in [0.29, 0.717) is 5.75 Å². The maximum atomic E-state index is 13.1. The van der Waals surface area contributed by atoms with Crippen LogP contribution in [0.15, 0.2) is 42.5 Å². The van der Waals surface area contributed by atoms with Crippen molar-refractivity contribution in [3.05, 3.63) is 58.1 Å². The molecule has 0 heterocycles. The summed E-state index contributed by atoms with van der Waals surface area (Å²) in [5.41, 5.74) is 0.604. The second-order valence-electron chi connectivity index (χ2n) is 7.74. The van der Waals surface area contributed by atoms with Crippen LogP contribution in [0.5, 0.6) is 17.2 Å². The molecule has 0 unspecified atom stereocenters. The molecule has 0 aliphatic heterocycles. The molecule has 2 amide bonds. The molecule has 10 heteroatoms. The molecule has 0 fully saturated rings. The van der Waals surface area contributed by atoms with E-state index in [1.54, 1.807) is 26.2 Å². The average molecular weight is 474 g/mol. The van der Waals surface area contributed by atoms with E-state index < -0.39 is 16.9 Å². The van der Waals surface area contributed by atoms with E-state index in [0.717, 1.165) is 12.0 Å². The zero-order valence-corrected chi connectivity index (χ0v) is 20.1. The number of carbonyl (C=O) groups is 2. The summed E-state index contributed by atoms with van der Waals surface area (Å²) < 4.78 is 15.8. The highest BCUT2D eigenvalue weighted by Gasteiger charge is 2.27. The van der Waals surface area contributed by atoms with E-state index in [9.17, 15) is 19.7 Å². The van der Waals surface area contributed by atoms with Crippen molar-refractivity contribution in [2.45, 2.75) is 45.8 Å². The standard InChI is InChI=1S/C24H31N3O7/c1-6-16(2)25-24(29)17(3)26(14-18-7-9-19(32-4)10-8-18)23(28)15-34-20-11-12-21(27(30)31)22(13-20)33-5/h7-13,16-17H,6,14-15H2,1-5H3,(H,25,29)/t16-,17-/m0/s1. The number of amides is 2. The number of carbonyl (C=O) groups excluding carboxylic acids is 2. The molecular formula is C24H31N3O7. The van der Waals surface area contributed by atoms with Crippen molar-refractivity contribution >= 4 is 17.5 Å². The van der Waals surface area contributed by atoms with Gasteiger partial charge < -0.3 is 24.4 Å². The van der Waals surface area contributed by atoms with Gasteiger partial charge >= 0.3 is 5.69 Å². The van der Waals surface area contributed by atoms with Crippen molar-refractivity contribution in [2.75, 3.05) is 20.8 Å². The number of rotatable bonds is 12. The van der Waals surface area contributed by atoms with Gasteiger partial charge in [-0.15, -0.1) is 0 Å². The van der Waals surface area contributed by atoms with Gasteiger partial charge in [-0.2, -0.15) is 0 Å². The second-order valence-corrected chi connectivity index (χ2v) is 7.74. The van der Waals surface area contributed by atoms with Crippen LogP contribution in [0.25, 0.3) is 0 Å². The summed E-state index contributed by atoms with van der Waals surface area (Å²) in [6, 6.07) is 10.4. The van der Waals surface area contributed by atoms with Gasteiger partial charge in [-0.05, 0) is 44.0 Å². The lowest BCUT2D eigenvalue weighted by atomic mass is 10.1. The number of nitrogens with zero attached hydrogens (tertiary/aromatic N) is 2. The van der Waals surface area contributed by atoms with Crippen molar-refractivity contribution in [3.63, 3.8) is 0 Å². The van der Waals surface area contributed by atoms with Crippen LogP contribution in [0, 0.1) is 10.1 Å². The molecule has 0 aliphatic carbocycles. The zero-order chi connectivity index (χ0) is 25.3. The lowest BCUT2D eigenvalue weighted by Gasteiger charge is -2.29. The van der Waals surface area contributed by atoms with Gasteiger partial charge in [-0.25, -0.2) is 0 Å². The SMILES string of the molecule is CC[C@H](C)NC(=O)[C@H](C)N(Cc1ccc(OC)cc1)C(=O)COc1ccc([N+](=O)[O-])c(OC)c1. The fraction of sp³-hybridized carbons (Fsp3) is 0.417. The number of benzene rings is 2. The maximum absolute atomic E-state index is 13.1. The van der Waals surface area contributed by atoms with Crippen LogP contribution in [-0.4, -0.2) is 54.5 Å². The first-order chi connectivity index (χ1) is 16.2. The van der Waals surface area contributed by atoms with Gasteiger partial charge in [0.1, 0.15) is 17.5 Å². The fourth-order valence-electron chi connectivity index (χ4n) is 3.10. The minimum atomic E-state index is -0.751. The molecule has 184 valence electrons. The number of methoxy groups -OCH3 is 2. The van der Waals surface area contributed by atoms with E-state index in [-0.39, 0.29) is 42.3 Å². The van der Waals surface area contributed by atoms with Gasteiger partial charge in [-0.3, -0.25) is 19.7 Å². The molecule has 0 aliphatic rings. The minimum Gasteiger partial charge on any atom is -0.497 e. The summed E-state index contributed by atoms with van der Waals surface area (Å²) in [7, 11) is 2.88. The lowest BCUT2D eigenvalue weighted by molar-refractivity contribution is -0.385. The second kappa shape index (κ2) is 12.4. The molecule has 0 saturated carbocycles. The van der Waals surface area contributed by atoms with Crippen LogP contribution >= 0.6 is 0 Å². The highest BCUT2D eigenvalue weighted by atomic mass is 16.6. The topological polar surface area (TPSA) is 120 Å². The van der Waals surface area contributed by atoms with E-state index in [1.165, 1.54) is 30.2 Å². The summed E-state index contributed by atoms with van der Waals surface area (Å²) >= 11 is 0. The first-order valence-corrected chi connectivity index (χ1v) is 10.9. The first kappa shape index (κ1) is 26.4. The third kappa shape index (κ3) is 7.09. The summed E-state index contributed by atoms with van der Waals surface area (Å²) in [6.07, 6.45) is 0.760.